The lowest BCUT2D eigenvalue weighted by molar-refractivity contribution is -0.645. The molecule has 2 heterocycles. The summed E-state index contributed by atoms with van der Waals surface area (Å²) in [6, 6.07) is 33.8. The van der Waals surface area contributed by atoms with Gasteiger partial charge in [0.25, 0.3) is 0 Å². The van der Waals surface area contributed by atoms with Crippen LogP contribution in [-0.4, -0.2) is 28.3 Å². The second kappa shape index (κ2) is 14.1. The van der Waals surface area contributed by atoms with Crippen molar-refractivity contribution in [2.24, 2.45) is 0 Å². The molecule has 0 amide bonds. The Bertz CT molecular complexity index is 2140. The molecule has 0 bridgehead atoms. The molecule has 7 rings (SSSR count). The maximum Gasteiger partial charge on any atom is 0.215 e. The molecule has 0 unspecified atom stereocenters. The Morgan fingerprint density at radius 3 is 1.96 bits per heavy atom. The van der Waals surface area contributed by atoms with Gasteiger partial charge in [0.15, 0.2) is 10.2 Å². The lowest BCUT2D eigenvalue weighted by atomic mass is 9.85. The summed E-state index contributed by atoms with van der Waals surface area (Å²) < 4.78 is 2.56. The topological polar surface area (TPSA) is 41.3 Å². The number of anilines is 2. The molecule has 0 saturated heterocycles. The molecule has 1 aliphatic heterocycles. The SMILES string of the molecule is CC(=O)SCCCCCN1c2ccc3ccccc3c2-c2c3c1cccc3[n+](CCCCCSC(C)=O)c1ccc3ccccc3c21. The third-order valence-electron chi connectivity index (χ3n) is 9.41. The molecule has 0 atom stereocenters. The monoisotopic (exact) mass is 657 g/mol. The molecule has 0 aliphatic carbocycles. The van der Waals surface area contributed by atoms with Gasteiger partial charge in [-0.1, -0.05) is 90.6 Å². The van der Waals surface area contributed by atoms with Crippen LogP contribution in [0.5, 0.6) is 0 Å². The molecule has 238 valence electrons. The van der Waals surface area contributed by atoms with Crippen LogP contribution >= 0.6 is 23.5 Å². The minimum atomic E-state index is 0.202. The van der Waals surface area contributed by atoms with Crippen LogP contribution in [0, 0.1) is 0 Å². The van der Waals surface area contributed by atoms with Crippen LogP contribution in [0.4, 0.5) is 11.4 Å². The Balaban J connectivity index is 1.42. The van der Waals surface area contributed by atoms with E-state index in [-0.39, 0.29) is 10.2 Å². The first-order chi connectivity index (χ1) is 23.0. The smallest absolute Gasteiger partial charge is 0.215 e. The van der Waals surface area contributed by atoms with Crippen molar-refractivity contribution in [2.75, 3.05) is 23.0 Å². The second-order valence-electron chi connectivity index (χ2n) is 12.5. The minimum Gasteiger partial charge on any atom is -0.340 e. The first-order valence-electron chi connectivity index (χ1n) is 16.9. The van der Waals surface area contributed by atoms with Gasteiger partial charge < -0.3 is 4.90 Å². The summed E-state index contributed by atoms with van der Waals surface area (Å²) in [7, 11) is 0. The Labute approximate surface area is 285 Å². The van der Waals surface area contributed by atoms with Gasteiger partial charge in [-0.05, 0) is 65.4 Å². The van der Waals surface area contributed by atoms with Crippen molar-refractivity contribution in [2.45, 2.75) is 58.9 Å². The molecular weight excluding hydrogens is 617 g/mol. The number of thioether (sulfide) groups is 2. The number of aryl methyl sites for hydroxylation is 1. The van der Waals surface area contributed by atoms with Gasteiger partial charge >= 0.3 is 0 Å². The van der Waals surface area contributed by atoms with Crippen molar-refractivity contribution in [1.82, 2.24) is 0 Å². The van der Waals surface area contributed by atoms with Crippen LogP contribution in [0.25, 0.3) is 54.5 Å². The predicted molar refractivity (Wildman–Crippen MR) is 203 cm³/mol. The highest BCUT2D eigenvalue weighted by Gasteiger charge is 2.33. The highest BCUT2D eigenvalue weighted by molar-refractivity contribution is 8.13. The van der Waals surface area contributed by atoms with E-state index in [4.69, 9.17) is 0 Å². The number of hydrogen-bond donors (Lipinski definition) is 0. The quantitative estimate of drug-likeness (QED) is 0.0567. The fourth-order valence-electron chi connectivity index (χ4n) is 7.38. The van der Waals surface area contributed by atoms with Gasteiger partial charge in [-0.25, -0.2) is 0 Å². The van der Waals surface area contributed by atoms with E-state index >= 15 is 0 Å². The fourth-order valence-corrected chi connectivity index (χ4v) is 8.65. The molecule has 0 radical (unpaired) electrons. The molecule has 0 N–H and O–H groups in total. The van der Waals surface area contributed by atoms with E-state index in [2.05, 4.69) is 100 Å². The largest absolute Gasteiger partial charge is 0.340 e. The Morgan fingerprint density at radius 1 is 0.574 bits per heavy atom. The third-order valence-corrected chi connectivity index (χ3v) is 11.2. The number of aromatic nitrogens is 1. The highest BCUT2D eigenvalue weighted by atomic mass is 32.2. The van der Waals surface area contributed by atoms with Crippen molar-refractivity contribution in [3.8, 4) is 11.1 Å². The molecular formula is C41H41N2O2S2+. The van der Waals surface area contributed by atoms with E-state index < -0.39 is 0 Å². The molecule has 5 aromatic carbocycles. The van der Waals surface area contributed by atoms with Crippen molar-refractivity contribution in [3.63, 3.8) is 0 Å². The Kier molecular flexibility index (Phi) is 9.51. The zero-order chi connectivity index (χ0) is 32.3. The fraction of sp³-hybridized carbons (Fsp3) is 0.293. The summed E-state index contributed by atoms with van der Waals surface area (Å²) in [4.78, 5) is 25.5. The maximum atomic E-state index is 11.5. The first-order valence-corrected chi connectivity index (χ1v) is 18.9. The zero-order valence-electron chi connectivity index (χ0n) is 27.3. The molecule has 6 heteroatoms. The van der Waals surface area contributed by atoms with Crippen LogP contribution in [0.3, 0.4) is 0 Å². The Morgan fingerprint density at radius 2 is 1.21 bits per heavy atom. The van der Waals surface area contributed by atoms with Gasteiger partial charge in [0.05, 0.1) is 16.5 Å². The molecule has 0 saturated carbocycles. The summed E-state index contributed by atoms with van der Waals surface area (Å²) in [5, 5.41) is 8.16. The molecule has 1 aliphatic rings. The zero-order valence-corrected chi connectivity index (χ0v) is 28.9. The number of benzene rings is 5. The van der Waals surface area contributed by atoms with E-state index in [0.717, 1.165) is 63.1 Å². The van der Waals surface area contributed by atoms with E-state index in [1.807, 2.05) is 0 Å². The van der Waals surface area contributed by atoms with Crippen LogP contribution in [0.2, 0.25) is 0 Å². The number of nitrogens with zero attached hydrogens (tertiary/aromatic N) is 2. The van der Waals surface area contributed by atoms with Crippen LogP contribution < -0.4 is 9.47 Å². The van der Waals surface area contributed by atoms with Crippen molar-refractivity contribution in [1.29, 1.82) is 0 Å². The summed E-state index contributed by atoms with van der Waals surface area (Å²) in [5.74, 6) is 1.78. The second-order valence-corrected chi connectivity index (χ2v) is 15.1. The van der Waals surface area contributed by atoms with Crippen LogP contribution in [0.15, 0.2) is 91.0 Å². The summed E-state index contributed by atoms with van der Waals surface area (Å²) in [6.45, 7) is 5.17. The normalized spacial score (nSPS) is 12.3. The van der Waals surface area contributed by atoms with Crippen LogP contribution in [-0.2, 0) is 16.1 Å². The molecule has 0 fully saturated rings. The van der Waals surface area contributed by atoms with Crippen LogP contribution in [0.1, 0.15) is 52.4 Å². The standard InChI is InChI=1S/C41H41N2O2S2/c1-28(44)46-26-11-3-9-24-42-34-18-13-19-35-40(34)41(38-32-16-7-5-14-30(32)20-22-36(38)42)39-33-17-8-6-15-31(33)21-23-37(39)43(35)25-10-4-12-27-47-29(2)45/h5-8,13-23H,3-4,9-12,24-27H2,1-2H3/q+1. The van der Waals surface area contributed by atoms with Gasteiger partial charge in [0.2, 0.25) is 11.0 Å². The third kappa shape index (κ3) is 6.26. The first kappa shape index (κ1) is 31.7. The lowest BCUT2D eigenvalue weighted by Crippen LogP contribution is -2.37. The maximum absolute atomic E-state index is 11.5. The average Bonchev–Trinajstić information content (AvgIpc) is 3.08. The molecule has 4 nitrogen and oxygen atoms in total. The number of unbranched alkanes of at least 4 members (excludes halogenated alkanes) is 4. The Hall–Kier alpha value is -3.87. The lowest BCUT2D eigenvalue weighted by Gasteiger charge is -2.34. The van der Waals surface area contributed by atoms with Gasteiger partial charge in [-0.3, -0.25) is 9.59 Å². The van der Waals surface area contributed by atoms with Gasteiger partial charge in [-0.2, -0.15) is 4.57 Å². The summed E-state index contributed by atoms with van der Waals surface area (Å²) in [5.41, 5.74) is 7.78. The summed E-state index contributed by atoms with van der Waals surface area (Å²) in [6.07, 6.45) is 6.39. The van der Waals surface area contributed by atoms with Crippen molar-refractivity contribution >= 4 is 88.5 Å². The molecule has 47 heavy (non-hydrogen) atoms. The van der Waals surface area contributed by atoms with E-state index in [9.17, 15) is 9.59 Å². The predicted octanol–water partition coefficient (Wildman–Crippen LogP) is 10.6. The minimum absolute atomic E-state index is 0.202. The van der Waals surface area contributed by atoms with Gasteiger partial charge in [0.1, 0.15) is 6.54 Å². The van der Waals surface area contributed by atoms with Gasteiger partial charge in [0, 0.05) is 67.3 Å². The molecule has 6 aromatic rings. The van der Waals surface area contributed by atoms with E-state index in [0.29, 0.717) is 0 Å². The van der Waals surface area contributed by atoms with Crippen molar-refractivity contribution < 1.29 is 14.2 Å². The number of carbonyl (C=O) groups excluding carboxylic acids is 2. The number of hydrogen-bond acceptors (Lipinski definition) is 5. The van der Waals surface area contributed by atoms with E-state index in [1.54, 1.807) is 13.8 Å². The molecule has 0 spiro atoms. The summed E-state index contributed by atoms with van der Waals surface area (Å²) >= 11 is 2.88. The number of carbonyl (C=O) groups is 2. The number of rotatable bonds is 12. The average molecular weight is 658 g/mol. The van der Waals surface area contributed by atoms with Crippen molar-refractivity contribution in [3.05, 3.63) is 91.0 Å². The number of fused-ring (bicyclic) bond motifs is 8. The van der Waals surface area contributed by atoms with E-state index in [1.165, 1.54) is 89.4 Å². The highest BCUT2D eigenvalue weighted by Crippen LogP contribution is 2.53. The molecule has 1 aromatic heterocycles. The number of pyridine rings is 1. The van der Waals surface area contributed by atoms with Gasteiger partial charge in [-0.15, -0.1) is 0 Å².